The first kappa shape index (κ1) is 22.3. The lowest BCUT2D eigenvalue weighted by molar-refractivity contribution is -0.118. The summed E-state index contributed by atoms with van der Waals surface area (Å²) in [5.41, 5.74) is 0.765. The van der Waals surface area contributed by atoms with Gasteiger partial charge >= 0.3 is 0 Å². The SMILES string of the molecule is O=C(CCS(=O)(=O)c1ccc(Cl)cc1)N(Cc1ccccn1)c1nc2c(F)cccc2s1. The lowest BCUT2D eigenvalue weighted by atomic mass is 10.3. The Bertz CT molecular complexity index is 1360. The monoisotopic (exact) mass is 489 g/mol. The second-order valence-electron chi connectivity index (χ2n) is 6.91. The fourth-order valence-electron chi connectivity index (χ4n) is 3.05. The van der Waals surface area contributed by atoms with E-state index in [1.165, 1.54) is 35.2 Å². The van der Waals surface area contributed by atoms with Crippen LogP contribution in [0.5, 0.6) is 0 Å². The second kappa shape index (κ2) is 9.32. The van der Waals surface area contributed by atoms with Crippen LogP contribution in [-0.4, -0.2) is 30.0 Å². The number of fused-ring (bicyclic) bond motifs is 1. The van der Waals surface area contributed by atoms with Crippen LogP contribution < -0.4 is 4.90 Å². The summed E-state index contributed by atoms with van der Waals surface area (Å²) in [6.45, 7) is 0.0854. The Morgan fingerprint density at radius 1 is 1.06 bits per heavy atom. The lowest BCUT2D eigenvalue weighted by Gasteiger charge is -2.19. The molecule has 0 spiro atoms. The number of carbonyl (C=O) groups is 1. The van der Waals surface area contributed by atoms with Crippen LogP contribution in [0.3, 0.4) is 0 Å². The molecule has 2 aromatic heterocycles. The normalized spacial score (nSPS) is 11.6. The molecule has 164 valence electrons. The molecule has 0 unspecified atom stereocenters. The minimum absolute atomic E-state index is 0.0854. The number of carbonyl (C=O) groups excluding carboxylic acids is 1. The molecule has 0 bridgehead atoms. The molecule has 0 saturated carbocycles. The third-order valence-corrected chi connectivity index (χ3v) is 7.72. The number of anilines is 1. The van der Waals surface area contributed by atoms with Gasteiger partial charge in [-0.05, 0) is 48.5 Å². The number of hydrogen-bond donors (Lipinski definition) is 0. The predicted octanol–water partition coefficient (Wildman–Crippen LogP) is 4.88. The molecule has 2 heterocycles. The highest BCUT2D eigenvalue weighted by Gasteiger charge is 2.24. The molecule has 0 aliphatic rings. The molecule has 0 atom stereocenters. The molecule has 0 radical (unpaired) electrons. The van der Waals surface area contributed by atoms with Gasteiger partial charge < -0.3 is 0 Å². The van der Waals surface area contributed by atoms with Crippen molar-refractivity contribution in [1.82, 2.24) is 9.97 Å². The van der Waals surface area contributed by atoms with E-state index in [9.17, 15) is 17.6 Å². The summed E-state index contributed by atoms with van der Waals surface area (Å²) in [6.07, 6.45) is 1.33. The number of aromatic nitrogens is 2. The maximum Gasteiger partial charge on any atom is 0.230 e. The standard InChI is InChI=1S/C22H17ClFN3O3S2/c23-15-7-9-17(10-8-15)32(29,30)13-11-20(28)27(14-16-4-1-2-12-25-16)22-26-21-18(24)5-3-6-19(21)31-22/h1-10,12H,11,13-14H2. The number of pyridine rings is 1. The highest BCUT2D eigenvalue weighted by Crippen LogP contribution is 2.31. The number of sulfone groups is 1. The van der Waals surface area contributed by atoms with Gasteiger partial charge in [-0.15, -0.1) is 0 Å². The van der Waals surface area contributed by atoms with Crippen LogP contribution >= 0.6 is 22.9 Å². The van der Waals surface area contributed by atoms with Crippen molar-refractivity contribution in [2.75, 3.05) is 10.7 Å². The Labute approximate surface area is 193 Å². The Morgan fingerprint density at radius 2 is 1.84 bits per heavy atom. The van der Waals surface area contributed by atoms with Crippen LogP contribution in [0.25, 0.3) is 10.2 Å². The van der Waals surface area contributed by atoms with Gasteiger partial charge in [-0.1, -0.05) is 35.1 Å². The van der Waals surface area contributed by atoms with Gasteiger partial charge in [0.25, 0.3) is 0 Å². The van der Waals surface area contributed by atoms with E-state index in [0.29, 0.717) is 15.4 Å². The molecule has 0 aliphatic carbocycles. The first-order valence-corrected chi connectivity index (χ1v) is 12.4. The molecule has 0 saturated heterocycles. The van der Waals surface area contributed by atoms with E-state index < -0.39 is 21.6 Å². The quantitative estimate of drug-likeness (QED) is 0.369. The molecule has 4 aromatic rings. The van der Waals surface area contributed by atoms with Crippen molar-refractivity contribution >= 4 is 54.0 Å². The summed E-state index contributed by atoms with van der Waals surface area (Å²) in [5.74, 6) is -1.32. The predicted molar refractivity (Wildman–Crippen MR) is 123 cm³/mol. The largest absolute Gasteiger partial charge is 0.282 e. The van der Waals surface area contributed by atoms with Crippen molar-refractivity contribution < 1.29 is 17.6 Å². The van der Waals surface area contributed by atoms with Gasteiger partial charge in [0, 0.05) is 17.6 Å². The van der Waals surface area contributed by atoms with Crippen molar-refractivity contribution in [3.8, 4) is 0 Å². The van der Waals surface area contributed by atoms with E-state index in [4.69, 9.17) is 11.6 Å². The van der Waals surface area contributed by atoms with Crippen LogP contribution in [0, 0.1) is 5.82 Å². The van der Waals surface area contributed by atoms with E-state index >= 15 is 0 Å². The first-order chi connectivity index (χ1) is 15.3. The number of rotatable bonds is 7. The zero-order valence-corrected chi connectivity index (χ0v) is 19.0. The lowest BCUT2D eigenvalue weighted by Crippen LogP contribution is -2.32. The van der Waals surface area contributed by atoms with Gasteiger partial charge in [-0.2, -0.15) is 0 Å². The smallest absolute Gasteiger partial charge is 0.230 e. The van der Waals surface area contributed by atoms with Crippen LogP contribution in [-0.2, 0) is 21.2 Å². The van der Waals surface area contributed by atoms with E-state index in [-0.39, 0.29) is 34.3 Å². The molecular weight excluding hydrogens is 473 g/mol. The summed E-state index contributed by atoms with van der Waals surface area (Å²) in [4.78, 5) is 23.1. The van der Waals surface area contributed by atoms with Gasteiger partial charge in [-0.3, -0.25) is 14.7 Å². The number of nitrogens with zero attached hydrogens (tertiary/aromatic N) is 3. The van der Waals surface area contributed by atoms with Crippen molar-refractivity contribution in [2.45, 2.75) is 17.9 Å². The van der Waals surface area contributed by atoms with E-state index in [0.717, 1.165) is 11.3 Å². The van der Waals surface area contributed by atoms with Gasteiger partial charge in [0.2, 0.25) is 5.91 Å². The molecule has 0 N–H and O–H groups in total. The average molecular weight is 490 g/mol. The third kappa shape index (κ3) is 4.95. The topological polar surface area (TPSA) is 80.2 Å². The Kier molecular flexibility index (Phi) is 6.50. The number of para-hydroxylation sites is 1. The maximum absolute atomic E-state index is 14.2. The molecule has 10 heteroatoms. The van der Waals surface area contributed by atoms with E-state index in [1.54, 1.807) is 36.5 Å². The third-order valence-electron chi connectivity index (χ3n) is 4.69. The molecule has 2 aromatic carbocycles. The van der Waals surface area contributed by atoms with E-state index in [2.05, 4.69) is 9.97 Å². The number of thiazole rings is 1. The Morgan fingerprint density at radius 3 is 2.53 bits per heavy atom. The fraction of sp³-hybridized carbons (Fsp3) is 0.136. The minimum atomic E-state index is -3.69. The maximum atomic E-state index is 14.2. The van der Waals surface area contributed by atoms with Gasteiger partial charge in [0.1, 0.15) is 11.3 Å². The molecular formula is C22H17ClFN3O3S2. The molecule has 0 aliphatic heterocycles. The summed E-state index contributed by atoms with van der Waals surface area (Å²) >= 11 is 6.99. The Hall–Kier alpha value is -2.88. The molecule has 1 amide bonds. The number of hydrogen-bond acceptors (Lipinski definition) is 6. The minimum Gasteiger partial charge on any atom is -0.282 e. The summed E-state index contributed by atoms with van der Waals surface area (Å²) in [5, 5.41) is 0.703. The van der Waals surface area contributed by atoms with Crippen LogP contribution in [0.15, 0.2) is 71.8 Å². The fourth-order valence-corrected chi connectivity index (χ4v) is 5.40. The van der Waals surface area contributed by atoms with Crippen molar-refractivity contribution in [3.63, 3.8) is 0 Å². The number of benzene rings is 2. The summed E-state index contributed by atoms with van der Waals surface area (Å²) in [7, 11) is -3.69. The summed E-state index contributed by atoms with van der Waals surface area (Å²) in [6, 6.07) is 15.7. The second-order valence-corrected chi connectivity index (χ2v) is 10.5. The highest BCUT2D eigenvalue weighted by molar-refractivity contribution is 7.91. The van der Waals surface area contributed by atoms with Gasteiger partial charge in [-0.25, -0.2) is 17.8 Å². The molecule has 6 nitrogen and oxygen atoms in total. The number of halogens is 2. The van der Waals surface area contributed by atoms with Gasteiger partial charge in [0.05, 0.1) is 27.6 Å². The van der Waals surface area contributed by atoms with E-state index in [1.807, 2.05) is 0 Å². The molecule has 32 heavy (non-hydrogen) atoms. The molecule has 0 fully saturated rings. The van der Waals surface area contributed by atoms with Crippen LogP contribution in [0.2, 0.25) is 5.02 Å². The molecule has 4 rings (SSSR count). The highest BCUT2D eigenvalue weighted by atomic mass is 35.5. The van der Waals surface area contributed by atoms with Crippen molar-refractivity contribution in [1.29, 1.82) is 0 Å². The van der Waals surface area contributed by atoms with Gasteiger partial charge in [0.15, 0.2) is 15.0 Å². The average Bonchev–Trinajstić information content (AvgIpc) is 3.22. The Balaban J connectivity index is 1.61. The number of amides is 1. The zero-order chi connectivity index (χ0) is 22.7. The van der Waals surface area contributed by atoms with Crippen molar-refractivity contribution in [3.05, 3.63) is 83.4 Å². The zero-order valence-electron chi connectivity index (χ0n) is 16.6. The van der Waals surface area contributed by atoms with Crippen molar-refractivity contribution in [2.24, 2.45) is 0 Å². The first-order valence-electron chi connectivity index (χ1n) is 9.57. The summed E-state index contributed by atoms with van der Waals surface area (Å²) < 4.78 is 40.1. The van der Waals surface area contributed by atoms with Crippen LogP contribution in [0.1, 0.15) is 12.1 Å². The van der Waals surface area contributed by atoms with Crippen LogP contribution in [0.4, 0.5) is 9.52 Å².